The van der Waals surface area contributed by atoms with Gasteiger partial charge in [0.05, 0.1) is 33.1 Å². The van der Waals surface area contributed by atoms with Gasteiger partial charge in [-0.1, -0.05) is 218 Å². The monoisotopic (exact) mass is 1270 g/mol. The molecule has 7 heteroatoms. The van der Waals surface area contributed by atoms with E-state index in [1.165, 1.54) is 78.9 Å². The van der Waals surface area contributed by atoms with E-state index >= 15 is 0 Å². The predicted octanol–water partition coefficient (Wildman–Crippen LogP) is 21.7. The summed E-state index contributed by atoms with van der Waals surface area (Å²) in [6, 6.07) is 124. The Balaban J connectivity index is 0.747. The summed E-state index contributed by atoms with van der Waals surface area (Å²) in [5.74, 6) is 1.81. The van der Waals surface area contributed by atoms with Crippen molar-refractivity contribution in [2.45, 2.75) is 0 Å². The molecule has 1 aliphatic rings. The first-order valence-corrected chi connectivity index (χ1v) is 36.0. The topological polar surface area (TPSA) is 37.2 Å². The molecule has 0 saturated heterocycles. The summed E-state index contributed by atoms with van der Waals surface area (Å²) in [4.78, 5) is 0. The van der Waals surface area contributed by atoms with Gasteiger partial charge in [0.15, 0.2) is 8.07 Å². The second-order valence-corrected chi connectivity index (χ2v) is 30.7. The fourth-order valence-corrected chi connectivity index (χ4v) is 22.6. The third kappa shape index (κ3) is 7.98. The molecule has 0 bridgehead atoms. The Bertz CT molecular complexity index is 6600. The first-order chi connectivity index (χ1) is 48.1. The molecule has 6 heterocycles. The van der Waals surface area contributed by atoms with Gasteiger partial charge < -0.3 is 22.9 Å². The van der Waals surface area contributed by atoms with E-state index < -0.39 is 8.07 Å². The van der Waals surface area contributed by atoms with E-state index in [1.54, 1.807) is 0 Å². The number of ether oxygens (including phenoxy) is 1. The molecule has 0 saturated carbocycles. The molecule has 1 unspecified atom stereocenters. The molecule has 0 fully saturated rings. The minimum absolute atomic E-state index is 0.889. The largest absolute Gasteiger partial charge is 0.457 e. The Labute approximate surface area is 562 Å². The molecular weight excluding hydrogens is 1220 g/mol. The van der Waals surface area contributed by atoms with Crippen LogP contribution in [0, 0.1) is 0 Å². The lowest BCUT2D eigenvalue weighted by Gasteiger charge is -2.40. The summed E-state index contributed by atoms with van der Waals surface area (Å²) in [5.41, 5.74) is 18.8. The molecule has 0 aliphatic carbocycles. The zero-order valence-corrected chi connectivity index (χ0v) is 54.1. The number of hydrogen-bond acceptors (Lipinski definition) is 3. The number of nitrogens with zero attached hydrogens (tertiary/aromatic N) is 3. The zero-order chi connectivity index (χ0) is 63.5. The van der Waals surface area contributed by atoms with Gasteiger partial charge in [-0.05, 0) is 164 Å². The van der Waals surface area contributed by atoms with Gasteiger partial charge in [0.25, 0.3) is 0 Å². The van der Waals surface area contributed by atoms with Gasteiger partial charge in [-0.2, -0.15) is 0 Å². The summed E-state index contributed by atoms with van der Waals surface area (Å²) in [6.07, 6.45) is 0. The van der Waals surface area contributed by atoms with Crippen LogP contribution >= 0.6 is 11.3 Å². The van der Waals surface area contributed by atoms with E-state index in [-0.39, 0.29) is 0 Å². The number of para-hydroxylation sites is 8. The highest BCUT2D eigenvalue weighted by molar-refractivity contribution is 7.26. The first kappa shape index (κ1) is 54.2. The van der Waals surface area contributed by atoms with Crippen LogP contribution < -0.4 is 25.5 Å². The Morgan fingerprint density at radius 1 is 0.258 bits per heavy atom. The molecule has 0 radical (unpaired) electrons. The summed E-state index contributed by atoms with van der Waals surface area (Å²) in [6.45, 7) is 0. The Hall–Kier alpha value is -12.3. The lowest BCUT2D eigenvalue weighted by Crippen LogP contribution is -2.76. The minimum Gasteiger partial charge on any atom is -0.457 e. The second kappa shape index (κ2) is 20.9. The number of benzene rings is 15. The van der Waals surface area contributed by atoms with E-state index in [9.17, 15) is 0 Å². The first-order valence-electron chi connectivity index (χ1n) is 33.2. The van der Waals surface area contributed by atoms with Crippen molar-refractivity contribution in [3.63, 3.8) is 0 Å². The molecular formula is C90H55N3O2SSi. The smallest absolute Gasteiger partial charge is 0.188 e. The van der Waals surface area contributed by atoms with Gasteiger partial charge in [-0.15, -0.1) is 11.3 Å². The lowest BCUT2D eigenvalue weighted by atomic mass is 9.97. The Morgan fingerprint density at radius 3 is 1.43 bits per heavy atom. The van der Waals surface area contributed by atoms with Crippen LogP contribution in [0.15, 0.2) is 338 Å². The fourth-order valence-electron chi connectivity index (χ4n) is 16.5. The van der Waals surface area contributed by atoms with Crippen LogP contribution in [0.1, 0.15) is 0 Å². The number of hydrogen-bond donors (Lipinski definition) is 0. The maximum atomic E-state index is 7.46. The van der Waals surface area contributed by atoms with Crippen LogP contribution in [0.5, 0.6) is 11.5 Å². The minimum atomic E-state index is -3.17. The van der Waals surface area contributed by atoms with Crippen LogP contribution in [0.3, 0.4) is 0 Å². The maximum absolute atomic E-state index is 7.46. The van der Waals surface area contributed by atoms with Crippen molar-refractivity contribution in [3.8, 4) is 61.9 Å². The number of thiophene rings is 1. The number of aromatic nitrogens is 3. The molecule has 5 nitrogen and oxygen atoms in total. The highest BCUT2D eigenvalue weighted by Crippen LogP contribution is 2.45. The van der Waals surface area contributed by atoms with E-state index in [2.05, 4.69) is 335 Å². The molecule has 97 heavy (non-hydrogen) atoms. The average Bonchev–Trinajstić information content (AvgIpc) is 1.37. The van der Waals surface area contributed by atoms with Gasteiger partial charge in [0.2, 0.25) is 0 Å². The van der Waals surface area contributed by atoms with Gasteiger partial charge in [-0.3, -0.25) is 0 Å². The maximum Gasteiger partial charge on any atom is 0.188 e. The SMILES string of the molecule is c1ccc([Si]2(c3ccc4sc5ccc(-n6c7ccccc7c7ccccc76)cc5c4c3)c3ccccc3Oc3c(-c4ccc5c(c4)c4ccccc4n5-c4cc(-c5cccc(-c6ccc7oc8ccccc8c7c6)c5)cc(-n5c6ccccc6c6ccccc65)c4)cccc32)cc1. The van der Waals surface area contributed by atoms with Crippen molar-refractivity contribution in [1.82, 2.24) is 13.7 Å². The molecule has 0 spiro atoms. The van der Waals surface area contributed by atoms with Crippen LogP contribution in [-0.2, 0) is 0 Å². The Morgan fingerprint density at radius 2 is 0.753 bits per heavy atom. The van der Waals surface area contributed by atoms with E-state index in [0.29, 0.717) is 0 Å². The summed E-state index contributed by atoms with van der Waals surface area (Å²) < 4.78 is 23.7. The van der Waals surface area contributed by atoms with Crippen molar-refractivity contribution in [1.29, 1.82) is 0 Å². The van der Waals surface area contributed by atoms with Gasteiger partial charge >= 0.3 is 0 Å². The van der Waals surface area contributed by atoms with E-state index in [1.807, 2.05) is 23.5 Å². The molecule has 1 aliphatic heterocycles. The summed E-state index contributed by atoms with van der Waals surface area (Å²) in [7, 11) is -3.17. The predicted molar refractivity (Wildman–Crippen MR) is 410 cm³/mol. The van der Waals surface area contributed by atoms with Crippen molar-refractivity contribution < 1.29 is 9.15 Å². The molecule has 1 atom stereocenters. The van der Waals surface area contributed by atoms with E-state index in [0.717, 1.165) is 111 Å². The highest BCUT2D eigenvalue weighted by Gasteiger charge is 2.49. The molecule has 452 valence electrons. The standard InChI is InChI=1S/C90H55N3O2SSi/c1-2-22-64(23-3-1)97(65-43-47-87-76(55-65)75-54-61(42-46-86(75)96-87)91-77-31-10-4-24-67(77)68-25-5-11-32-78(68)91)88-38-17-16-37-85(88)95-90-66(30-19-39-89(90)97)59-40-44-82-73(52-59)71-28-8-14-35-81(71)93(82)63-50-60(49-62(53-63)92-79-33-12-6-26-69(79)70-27-7-13-34-80(70)92)57-21-18-20-56(48-57)58-41-45-84-74(51-58)72-29-9-15-36-83(72)94-84/h1-55H. The van der Waals surface area contributed by atoms with E-state index in [4.69, 9.17) is 9.15 Å². The van der Waals surface area contributed by atoms with Crippen molar-refractivity contribution >= 4 is 148 Å². The summed E-state index contributed by atoms with van der Waals surface area (Å²) in [5, 5.41) is 17.2. The zero-order valence-electron chi connectivity index (χ0n) is 52.3. The van der Waals surface area contributed by atoms with Crippen LogP contribution in [-0.4, -0.2) is 21.8 Å². The van der Waals surface area contributed by atoms with Crippen molar-refractivity contribution in [2.24, 2.45) is 0 Å². The quantitative estimate of drug-likeness (QED) is 0.142. The van der Waals surface area contributed by atoms with Crippen molar-refractivity contribution in [3.05, 3.63) is 334 Å². The average molecular weight is 1270 g/mol. The second-order valence-electron chi connectivity index (χ2n) is 25.8. The third-order valence-electron chi connectivity index (χ3n) is 20.7. The summed E-state index contributed by atoms with van der Waals surface area (Å²) >= 11 is 1.87. The number of rotatable bonds is 8. The molecule has 0 N–H and O–H groups in total. The van der Waals surface area contributed by atoms with Crippen LogP contribution in [0.2, 0.25) is 0 Å². The lowest BCUT2D eigenvalue weighted by molar-refractivity contribution is 0.489. The molecule has 5 aromatic heterocycles. The fraction of sp³-hybridized carbons (Fsp3) is 0. The highest BCUT2D eigenvalue weighted by atomic mass is 32.1. The van der Waals surface area contributed by atoms with Crippen LogP contribution in [0.4, 0.5) is 0 Å². The van der Waals surface area contributed by atoms with Crippen LogP contribution in [0.25, 0.3) is 158 Å². The van der Waals surface area contributed by atoms with Gasteiger partial charge in [0.1, 0.15) is 22.7 Å². The molecule has 15 aromatic carbocycles. The number of furan rings is 1. The normalized spacial score (nSPS) is 13.9. The number of fused-ring (bicyclic) bond motifs is 17. The van der Waals surface area contributed by atoms with Crippen molar-refractivity contribution in [2.75, 3.05) is 0 Å². The third-order valence-corrected chi connectivity index (χ3v) is 26.7. The molecule has 20 aromatic rings. The van der Waals surface area contributed by atoms with Gasteiger partial charge in [0, 0.05) is 85.9 Å². The molecule has 0 amide bonds. The molecule has 21 rings (SSSR count). The Kier molecular flexibility index (Phi) is 11.7. The van der Waals surface area contributed by atoms with Gasteiger partial charge in [-0.25, -0.2) is 0 Å².